The summed E-state index contributed by atoms with van der Waals surface area (Å²) in [5, 5.41) is 8.16. The summed E-state index contributed by atoms with van der Waals surface area (Å²) in [5.41, 5.74) is 0. The molecule has 0 fully saturated rings. The van der Waals surface area contributed by atoms with Gasteiger partial charge in [-0.1, -0.05) is 19.4 Å². The van der Waals surface area contributed by atoms with Gasteiger partial charge in [0.25, 0.3) is 0 Å². The Morgan fingerprint density at radius 3 is 2.94 bits per heavy atom. The van der Waals surface area contributed by atoms with E-state index in [1.807, 2.05) is 0 Å². The summed E-state index contributed by atoms with van der Waals surface area (Å²) in [7, 11) is 1.67. The SMILES string of the molecule is CCCC(NCCC(=O)NC)c1cccs1. The minimum Gasteiger partial charge on any atom is -0.359 e. The Morgan fingerprint density at radius 1 is 1.56 bits per heavy atom. The molecule has 0 saturated heterocycles. The van der Waals surface area contributed by atoms with Crippen molar-refractivity contribution >= 4 is 17.2 Å². The molecule has 1 rings (SSSR count). The van der Waals surface area contributed by atoms with Crippen molar-refractivity contribution in [3.8, 4) is 0 Å². The number of hydrogen-bond donors (Lipinski definition) is 2. The molecule has 3 nitrogen and oxygen atoms in total. The average Bonchev–Trinajstić information content (AvgIpc) is 2.81. The molecule has 0 spiro atoms. The molecule has 1 aromatic rings. The van der Waals surface area contributed by atoms with Crippen molar-refractivity contribution in [2.24, 2.45) is 0 Å². The second-order valence-corrected chi connectivity index (χ2v) is 4.71. The molecular formula is C12H20N2OS. The van der Waals surface area contributed by atoms with Crippen LogP contribution in [0.2, 0.25) is 0 Å². The van der Waals surface area contributed by atoms with Crippen molar-refractivity contribution in [1.29, 1.82) is 0 Å². The predicted octanol–water partition coefficient (Wildman–Crippen LogP) is 2.31. The first kappa shape index (κ1) is 13.2. The normalized spacial score (nSPS) is 12.4. The van der Waals surface area contributed by atoms with Gasteiger partial charge < -0.3 is 10.6 Å². The van der Waals surface area contributed by atoms with Crippen LogP contribution in [0.15, 0.2) is 17.5 Å². The molecule has 0 bridgehead atoms. The van der Waals surface area contributed by atoms with E-state index in [1.54, 1.807) is 18.4 Å². The molecule has 1 atom stereocenters. The van der Waals surface area contributed by atoms with Gasteiger partial charge in [-0.05, 0) is 17.9 Å². The quantitative estimate of drug-likeness (QED) is 0.768. The number of thiophene rings is 1. The number of amides is 1. The van der Waals surface area contributed by atoms with Gasteiger partial charge in [0, 0.05) is 30.9 Å². The molecule has 0 aliphatic heterocycles. The second-order valence-electron chi connectivity index (χ2n) is 3.73. The molecule has 1 unspecified atom stereocenters. The lowest BCUT2D eigenvalue weighted by molar-refractivity contribution is -0.120. The number of nitrogens with one attached hydrogen (secondary N) is 2. The fourth-order valence-corrected chi connectivity index (χ4v) is 2.44. The first-order valence-electron chi connectivity index (χ1n) is 5.75. The number of carbonyl (C=O) groups is 1. The van der Waals surface area contributed by atoms with Crippen LogP contribution in [0, 0.1) is 0 Å². The topological polar surface area (TPSA) is 41.1 Å². The fraction of sp³-hybridized carbons (Fsp3) is 0.583. The van der Waals surface area contributed by atoms with Crippen molar-refractivity contribution in [2.45, 2.75) is 32.2 Å². The summed E-state index contributed by atoms with van der Waals surface area (Å²) >= 11 is 1.77. The Hall–Kier alpha value is -0.870. The number of rotatable bonds is 7. The van der Waals surface area contributed by atoms with Crippen LogP contribution < -0.4 is 10.6 Å². The number of carbonyl (C=O) groups excluding carboxylic acids is 1. The Labute approximate surface area is 101 Å². The molecule has 1 heterocycles. The highest BCUT2D eigenvalue weighted by Crippen LogP contribution is 2.22. The van der Waals surface area contributed by atoms with Gasteiger partial charge in [0.05, 0.1) is 0 Å². The molecule has 0 aliphatic rings. The first-order valence-corrected chi connectivity index (χ1v) is 6.63. The summed E-state index contributed by atoms with van der Waals surface area (Å²) in [5.74, 6) is 0.0916. The molecule has 0 saturated carbocycles. The minimum atomic E-state index is 0.0916. The summed E-state index contributed by atoms with van der Waals surface area (Å²) in [6.45, 7) is 2.92. The van der Waals surface area contributed by atoms with Gasteiger partial charge in [-0.15, -0.1) is 11.3 Å². The highest BCUT2D eigenvalue weighted by molar-refractivity contribution is 7.10. The Bertz CT molecular complexity index is 298. The van der Waals surface area contributed by atoms with Crippen LogP contribution in [0.25, 0.3) is 0 Å². The van der Waals surface area contributed by atoms with Crippen LogP contribution in [0.1, 0.15) is 37.1 Å². The Balaban J connectivity index is 2.37. The number of hydrogen-bond acceptors (Lipinski definition) is 3. The Kier molecular flexibility index (Phi) is 6.11. The van der Waals surface area contributed by atoms with Crippen molar-refractivity contribution in [3.63, 3.8) is 0 Å². The van der Waals surface area contributed by atoms with Gasteiger partial charge in [-0.2, -0.15) is 0 Å². The van der Waals surface area contributed by atoms with Gasteiger partial charge in [0.2, 0.25) is 5.91 Å². The lowest BCUT2D eigenvalue weighted by Crippen LogP contribution is -2.27. The lowest BCUT2D eigenvalue weighted by atomic mass is 10.1. The zero-order valence-electron chi connectivity index (χ0n) is 9.95. The summed E-state index contributed by atoms with van der Waals surface area (Å²) in [6, 6.07) is 4.62. The molecule has 2 N–H and O–H groups in total. The average molecular weight is 240 g/mol. The monoisotopic (exact) mass is 240 g/mol. The van der Waals surface area contributed by atoms with Crippen LogP contribution >= 0.6 is 11.3 Å². The molecule has 1 aromatic heterocycles. The molecule has 0 radical (unpaired) electrons. The van der Waals surface area contributed by atoms with E-state index in [0.29, 0.717) is 12.5 Å². The predicted molar refractivity (Wildman–Crippen MR) is 68.7 cm³/mol. The van der Waals surface area contributed by atoms with Crippen molar-refractivity contribution in [3.05, 3.63) is 22.4 Å². The largest absolute Gasteiger partial charge is 0.359 e. The molecule has 1 amide bonds. The third-order valence-corrected chi connectivity index (χ3v) is 3.47. The second kappa shape index (κ2) is 7.41. The highest BCUT2D eigenvalue weighted by Gasteiger charge is 2.10. The third kappa shape index (κ3) is 4.33. The fourth-order valence-electron chi connectivity index (χ4n) is 1.61. The molecule has 90 valence electrons. The van der Waals surface area contributed by atoms with Crippen molar-refractivity contribution < 1.29 is 4.79 Å². The van der Waals surface area contributed by atoms with Gasteiger partial charge in [-0.3, -0.25) is 4.79 Å². The highest BCUT2D eigenvalue weighted by atomic mass is 32.1. The van der Waals surface area contributed by atoms with E-state index in [-0.39, 0.29) is 5.91 Å². The maximum Gasteiger partial charge on any atom is 0.221 e. The van der Waals surface area contributed by atoms with Crippen LogP contribution in [0.3, 0.4) is 0 Å². The zero-order chi connectivity index (χ0) is 11.8. The smallest absolute Gasteiger partial charge is 0.221 e. The maximum absolute atomic E-state index is 11.1. The van der Waals surface area contributed by atoms with Crippen molar-refractivity contribution in [1.82, 2.24) is 10.6 Å². The van der Waals surface area contributed by atoms with E-state index >= 15 is 0 Å². The van der Waals surface area contributed by atoms with Crippen LogP contribution in [0.5, 0.6) is 0 Å². The summed E-state index contributed by atoms with van der Waals surface area (Å²) < 4.78 is 0. The van der Waals surface area contributed by atoms with Gasteiger partial charge >= 0.3 is 0 Å². The maximum atomic E-state index is 11.1. The van der Waals surface area contributed by atoms with Crippen molar-refractivity contribution in [2.75, 3.05) is 13.6 Å². The molecule has 16 heavy (non-hydrogen) atoms. The molecule has 0 aromatic carbocycles. The van der Waals surface area contributed by atoms with E-state index in [0.717, 1.165) is 19.4 Å². The first-order chi connectivity index (χ1) is 7.77. The molecule has 4 heteroatoms. The van der Waals surface area contributed by atoms with E-state index in [9.17, 15) is 4.79 Å². The Morgan fingerprint density at radius 2 is 2.38 bits per heavy atom. The zero-order valence-corrected chi connectivity index (χ0v) is 10.8. The van der Waals surface area contributed by atoms with Crippen LogP contribution in [-0.4, -0.2) is 19.5 Å². The molecule has 0 aliphatic carbocycles. The lowest BCUT2D eigenvalue weighted by Gasteiger charge is -2.16. The molecular weight excluding hydrogens is 220 g/mol. The third-order valence-electron chi connectivity index (χ3n) is 2.49. The summed E-state index contributed by atoms with van der Waals surface area (Å²) in [4.78, 5) is 12.4. The van der Waals surface area contributed by atoms with E-state index in [4.69, 9.17) is 0 Å². The van der Waals surface area contributed by atoms with Crippen LogP contribution in [0.4, 0.5) is 0 Å². The van der Waals surface area contributed by atoms with E-state index < -0.39 is 0 Å². The van der Waals surface area contributed by atoms with Gasteiger partial charge in [0.15, 0.2) is 0 Å². The van der Waals surface area contributed by atoms with E-state index in [2.05, 4.69) is 35.1 Å². The summed E-state index contributed by atoms with van der Waals surface area (Å²) in [6.07, 6.45) is 2.81. The van der Waals surface area contributed by atoms with E-state index in [1.165, 1.54) is 4.88 Å². The van der Waals surface area contributed by atoms with Gasteiger partial charge in [0.1, 0.15) is 0 Å². The minimum absolute atomic E-state index is 0.0916. The standard InChI is InChI=1S/C12H20N2OS/c1-3-5-10(11-6-4-9-16-11)14-8-7-12(15)13-2/h4,6,9-10,14H,3,5,7-8H2,1-2H3,(H,13,15). The van der Waals surface area contributed by atoms with Crippen LogP contribution in [-0.2, 0) is 4.79 Å². The van der Waals surface area contributed by atoms with Gasteiger partial charge in [-0.25, -0.2) is 0 Å².